The van der Waals surface area contributed by atoms with Crippen LogP contribution in [0.2, 0.25) is 0 Å². The van der Waals surface area contributed by atoms with Gasteiger partial charge in [-0.15, -0.1) is 0 Å². The lowest BCUT2D eigenvalue weighted by Gasteiger charge is -2.25. The number of anilines is 1. The largest absolute Gasteiger partial charge is 0.493 e. The Labute approximate surface area is 231 Å². The lowest BCUT2D eigenvalue weighted by Crippen LogP contribution is -2.35. The first-order valence-corrected chi connectivity index (χ1v) is 13.6. The molecule has 0 N–H and O–H groups in total. The van der Waals surface area contributed by atoms with E-state index in [0.717, 1.165) is 29.0 Å². The van der Waals surface area contributed by atoms with Gasteiger partial charge >= 0.3 is 6.09 Å². The second-order valence-electron chi connectivity index (χ2n) is 11.5. The van der Waals surface area contributed by atoms with E-state index >= 15 is 0 Å². The minimum Gasteiger partial charge on any atom is -0.493 e. The Morgan fingerprint density at radius 1 is 1.05 bits per heavy atom. The SMILES string of the molecule is CC(C)COc1ccc(CN(Cc2ccc(F)cc2)c2nccc(C3CCN(C(=O)OC(C)(C)C)C3)n2)cc1. The van der Waals surface area contributed by atoms with Gasteiger partial charge in [-0.25, -0.2) is 19.2 Å². The molecule has 0 bridgehead atoms. The summed E-state index contributed by atoms with van der Waals surface area (Å²) in [4.78, 5) is 25.9. The summed E-state index contributed by atoms with van der Waals surface area (Å²) in [7, 11) is 0. The fourth-order valence-electron chi connectivity index (χ4n) is 4.42. The Bertz CT molecular complexity index is 1230. The molecule has 4 rings (SSSR count). The van der Waals surface area contributed by atoms with Crippen molar-refractivity contribution in [3.05, 3.63) is 83.4 Å². The predicted molar refractivity (Wildman–Crippen MR) is 150 cm³/mol. The maximum atomic E-state index is 13.6. The molecule has 1 fully saturated rings. The topological polar surface area (TPSA) is 67.8 Å². The van der Waals surface area contributed by atoms with Gasteiger partial charge in [0.25, 0.3) is 0 Å². The molecule has 8 heteroatoms. The number of halogens is 1. The number of hydrogen-bond donors (Lipinski definition) is 0. The summed E-state index contributed by atoms with van der Waals surface area (Å²) < 4.78 is 24.9. The van der Waals surface area contributed by atoms with Crippen molar-refractivity contribution in [1.82, 2.24) is 14.9 Å². The quantitative estimate of drug-likeness (QED) is 0.309. The second-order valence-corrected chi connectivity index (χ2v) is 11.5. The number of ether oxygens (including phenoxy) is 2. The number of amides is 1. The van der Waals surface area contributed by atoms with E-state index in [4.69, 9.17) is 14.5 Å². The van der Waals surface area contributed by atoms with Crippen molar-refractivity contribution in [2.24, 2.45) is 5.92 Å². The van der Waals surface area contributed by atoms with Crippen LogP contribution in [0.25, 0.3) is 0 Å². The van der Waals surface area contributed by atoms with Gasteiger partial charge in [0.05, 0.1) is 12.3 Å². The lowest BCUT2D eigenvalue weighted by molar-refractivity contribution is 0.0292. The summed E-state index contributed by atoms with van der Waals surface area (Å²) in [6, 6.07) is 16.5. The number of rotatable bonds is 9. The third-order valence-corrected chi connectivity index (χ3v) is 6.37. The maximum Gasteiger partial charge on any atom is 0.410 e. The molecule has 2 aromatic carbocycles. The van der Waals surface area contributed by atoms with Crippen LogP contribution < -0.4 is 9.64 Å². The van der Waals surface area contributed by atoms with Crippen molar-refractivity contribution < 1.29 is 18.7 Å². The van der Waals surface area contributed by atoms with Crippen LogP contribution in [-0.4, -0.2) is 46.3 Å². The monoisotopic (exact) mass is 534 g/mol. The zero-order valence-corrected chi connectivity index (χ0v) is 23.6. The molecule has 1 aliphatic heterocycles. The van der Waals surface area contributed by atoms with Crippen molar-refractivity contribution in [1.29, 1.82) is 0 Å². The molecule has 2 heterocycles. The van der Waals surface area contributed by atoms with Crippen LogP contribution in [0.15, 0.2) is 60.8 Å². The summed E-state index contributed by atoms with van der Waals surface area (Å²) in [5.74, 6) is 1.72. The molecule has 1 saturated heterocycles. The first kappa shape index (κ1) is 28.3. The molecule has 208 valence electrons. The molecule has 0 aliphatic carbocycles. The van der Waals surface area contributed by atoms with Crippen LogP contribution in [0.3, 0.4) is 0 Å². The zero-order valence-electron chi connectivity index (χ0n) is 23.6. The number of likely N-dealkylation sites (tertiary alicyclic amines) is 1. The summed E-state index contributed by atoms with van der Waals surface area (Å²) >= 11 is 0. The van der Waals surface area contributed by atoms with Crippen molar-refractivity contribution in [3.63, 3.8) is 0 Å². The number of nitrogens with zero attached hydrogens (tertiary/aromatic N) is 4. The molecule has 1 aliphatic rings. The average molecular weight is 535 g/mol. The second kappa shape index (κ2) is 12.5. The molecule has 39 heavy (non-hydrogen) atoms. The molecule has 3 aromatic rings. The van der Waals surface area contributed by atoms with E-state index in [1.54, 1.807) is 23.2 Å². The fourth-order valence-corrected chi connectivity index (χ4v) is 4.42. The Morgan fingerprint density at radius 2 is 1.69 bits per heavy atom. The molecule has 0 spiro atoms. The third-order valence-electron chi connectivity index (χ3n) is 6.37. The van der Waals surface area contributed by atoms with Gasteiger partial charge < -0.3 is 19.3 Å². The van der Waals surface area contributed by atoms with Gasteiger partial charge in [0.1, 0.15) is 17.2 Å². The molecular formula is C31H39FN4O3. The van der Waals surface area contributed by atoms with E-state index in [2.05, 4.69) is 23.7 Å². The highest BCUT2D eigenvalue weighted by molar-refractivity contribution is 5.68. The van der Waals surface area contributed by atoms with Gasteiger partial charge in [-0.1, -0.05) is 38.1 Å². The summed E-state index contributed by atoms with van der Waals surface area (Å²) in [5.41, 5.74) is 2.41. The predicted octanol–water partition coefficient (Wildman–Crippen LogP) is 6.58. The highest BCUT2D eigenvalue weighted by atomic mass is 19.1. The minimum absolute atomic E-state index is 0.101. The van der Waals surface area contributed by atoms with Crippen molar-refractivity contribution >= 4 is 12.0 Å². The van der Waals surface area contributed by atoms with Crippen molar-refractivity contribution in [3.8, 4) is 5.75 Å². The van der Waals surface area contributed by atoms with Gasteiger partial charge in [0.15, 0.2) is 0 Å². The van der Waals surface area contributed by atoms with Gasteiger partial charge in [-0.3, -0.25) is 0 Å². The van der Waals surface area contributed by atoms with Crippen LogP contribution in [0.5, 0.6) is 5.75 Å². The van der Waals surface area contributed by atoms with E-state index in [1.807, 2.05) is 51.1 Å². The molecule has 0 radical (unpaired) electrons. The average Bonchev–Trinajstić information content (AvgIpc) is 3.39. The Hall–Kier alpha value is -3.68. The van der Waals surface area contributed by atoms with E-state index < -0.39 is 5.60 Å². The van der Waals surface area contributed by atoms with E-state index in [9.17, 15) is 9.18 Å². The van der Waals surface area contributed by atoms with E-state index in [-0.39, 0.29) is 17.8 Å². The number of aromatic nitrogens is 2. The maximum absolute atomic E-state index is 13.6. The van der Waals surface area contributed by atoms with Crippen LogP contribution in [0.4, 0.5) is 15.1 Å². The third kappa shape index (κ3) is 8.40. The molecule has 0 saturated carbocycles. The first-order chi connectivity index (χ1) is 18.6. The van der Waals surface area contributed by atoms with Gasteiger partial charge in [-0.05, 0) is 74.6 Å². The first-order valence-electron chi connectivity index (χ1n) is 13.6. The normalized spacial score (nSPS) is 15.5. The Kier molecular flexibility index (Phi) is 9.04. The highest BCUT2D eigenvalue weighted by Crippen LogP contribution is 2.28. The standard InChI is InChI=1S/C31H39FN4O3/c1-22(2)21-38-27-12-8-24(9-13-27)19-36(18-23-6-10-26(32)11-7-23)29-33-16-14-28(34-29)25-15-17-35(20-25)30(37)39-31(3,4)5/h6-14,16,22,25H,15,17-21H2,1-5H3. The number of carbonyl (C=O) groups is 1. The molecule has 1 aromatic heterocycles. The van der Waals surface area contributed by atoms with Crippen LogP contribution in [-0.2, 0) is 17.8 Å². The number of carbonyl (C=O) groups excluding carboxylic acids is 1. The van der Waals surface area contributed by atoms with Crippen LogP contribution in [0.1, 0.15) is 63.8 Å². The van der Waals surface area contributed by atoms with Crippen LogP contribution in [0, 0.1) is 11.7 Å². The molecule has 1 unspecified atom stereocenters. The van der Waals surface area contributed by atoms with Gasteiger partial charge in [0.2, 0.25) is 5.95 Å². The smallest absolute Gasteiger partial charge is 0.410 e. The molecule has 7 nitrogen and oxygen atoms in total. The Morgan fingerprint density at radius 3 is 2.31 bits per heavy atom. The summed E-state index contributed by atoms with van der Waals surface area (Å²) in [6.07, 6.45) is 2.29. The van der Waals surface area contributed by atoms with Crippen LogP contribution >= 0.6 is 0 Å². The highest BCUT2D eigenvalue weighted by Gasteiger charge is 2.31. The fraction of sp³-hybridized carbons (Fsp3) is 0.452. The minimum atomic E-state index is -0.531. The van der Waals surface area contributed by atoms with Gasteiger partial charge in [-0.2, -0.15) is 0 Å². The van der Waals surface area contributed by atoms with Gasteiger partial charge in [0, 0.05) is 38.3 Å². The Balaban J connectivity index is 1.52. The summed E-state index contributed by atoms with van der Waals surface area (Å²) in [6.45, 7) is 12.8. The van der Waals surface area contributed by atoms with Crippen molar-refractivity contribution in [2.45, 2.75) is 65.6 Å². The van der Waals surface area contributed by atoms with E-state index in [0.29, 0.717) is 44.7 Å². The molecular weight excluding hydrogens is 495 g/mol. The molecule has 1 atom stereocenters. The number of hydrogen-bond acceptors (Lipinski definition) is 6. The summed E-state index contributed by atoms with van der Waals surface area (Å²) in [5, 5.41) is 0. The lowest BCUT2D eigenvalue weighted by atomic mass is 10.1. The van der Waals surface area contributed by atoms with Crippen molar-refractivity contribution in [2.75, 3.05) is 24.6 Å². The zero-order chi connectivity index (χ0) is 28.0. The molecule has 1 amide bonds. The van der Waals surface area contributed by atoms with E-state index in [1.165, 1.54) is 12.1 Å². The number of benzene rings is 2.